The SMILES string of the molecule is CCC(C)C1NC(=O)C(Cc2ccc(OC)cc2)NC(=O)CC(C)(C)SSCC(C(=O)N2CCCC2C(=O)NC(CCCN)C(=O)NCC(N)=O)NC(=O)C(CC(N)=O)NC(=O)C(CCC(N)=O)NC1=O. The summed E-state index contributed by atoms with van der Waals surface area (Å²) in [5.41, 5.74) is 22.5. The molecule has 11 amide bonds. The zero-order valence-corrected chi connectivity index (χ0v) is 42.4. The molecule has 8 unspecified atom stereocenters. The molecule has 2 heterocycles. The van der Waals surface area contributed by atoms with Gasteiger partial charge >= 0.3 is 0 Å². The average Bonchev–Trinajstić information content (AvgIpc) is 3.81. The highest BCUT2D eigenvalue weighted by atomic mass is 33.1. The van der Waals surface area contributed by atoms with Crippen molar-refractivity contribution in [1.29, 1.82) is 0 Å². The molecule has 3 rings (SSSR count). The predicted octanol–water partition coefficient (Wildman–Crippen LogP) is -2.77. The number of hydrogen-bond acceptors (Lipinski definition) is 15. The molecule has 26 heteroatoms. The van der Waals surface area contributed by atoms with Gasteiger partial charge in [0.2, 0.25) is 65.0 Å². The van der Waals surface area contributed by atoms with E-state index >= 15 is 0 Å². The topological polar surface area (TPSA) is 389 Å². The third-order valence-corrected chi connectivity index (χ3v) is 15.0. The van der Waals surface area contributed by atoms with Gasteiger partial charge in [0.25, 0.3) is 0 Å². The lowest BCUT2D eigenvalue weighted by Gasteiger charge is -2.32. The van der Waals surface area contributed by atoms with E-state index in [-0.39, 0.29) is 50.9 Å². The zero-order valence-electron chi connectivity index (χ0n) is 40.8. The first-order valence-corrected chi connectivity index (χ1v) is 25.7. The Hall–Kier alpha value is -6.15. The Kier molecular flexibility index (Phi) is 23.9. The molecule has 2 aliphatic heterocycles. The van der Waals surface area contributed by atoms with Gasteiger partial charge in [-0.05, 0) is 76.1 Å². The van der Waals surface area contributed by atoms with Gasteiger partial charge in [-0.2, -0.15) is 0 Å². The van der Waals surface area contributed by atoms with Crippen molar-refractivity contribution >= 4 is 86.6 Å². The standard InChI is InChI=1S/C45H70N12O12S2/c1-6-24(2)37-43(67)53-28(15-16-33(47)58)39(63)54-30(20-34(48)59)40(64)55-31(44(68)57-18-8-10-32(57)42(66)52-27(9-7-17-46)38(62)50-22-35(49)60)23-70-71-45(3,4)21-36(61)51-29(41(65)56-37)19-25-11-13-26(69-5)14-12-25/h11-14,24,27-32,37H,6-10,15-23,46H2,1-5H3,(H2,47,58)(H2,48,59)(H2,49,60)(H,50,62)(H,51,61)(H,52,66)(H,53,67)(H,54,63)(H,55,64)(H,56,65). The molecular weight excluding hydrogens is 965 g/mol. The summed E-state index contributed by atoms with van der Waals surface area (Å²) in [6, 6.07) is -2.68. The van der Waals surface area contributed by atoms with Crippen LogP contribution >= 0.6 is 21.6 Å². The monoisotopic (exact) mass is 1030 g/mol. The molecule has 0 bridgehead atoms. The fourth-order valence-electron chi connectivity index (χ4n) is 7.69. The minimum Gasteiger partial charge on any atom is -0.497 e. The lowest BCUT2D eigenvalue weighted by Crippen LogP contribution is -2.61. The second-order valence-corrected chi connectivity index (χ2v) is 21.1. The summed E-state index contributed by atoms with van der Waals surface area (Å²) in [6.07, 6.45) is -0.422. The van der Waals surface area contributed by atoms with Crippen molar-refractivity contribution in [3.63, 3.8) is 0 Å². The molecule has 0 aromatic heterocycles. The maximum Gasteiger partial charge on any atom is 0.246 e. The van der Waals surface area contributed by atoms with E-state index in [1.165, 1.54) is 22.8 Å². The number of carbonyl (C=O) groups is 11. The van der Waals surface area contributed by atoms with Gasteiger partial charge in [0.05, 0.1) is 20.1 Å². The minimum absolute atomic E-state index is 0.000514. The van der Waals surface area contributed by atoms with E-state index in [0.717, 1.165) is 10.8 Å². The summed E-state index contributed by atoms with van der Waals surface area (Å²) < 4.78 is 4.38. The molecule has 0 aliphatic carbocycles. The van der Waals surface area contributed by atoms with Gasteiger partial charge in [0.1, 0.15) is 48.0 Å². The number of nitrogens with two attached hydrogens (primary N) is 4. The molecule has 0 saturated carbocycles. The molecule has 0 radical (unpaired) electrons. The molecule has 2 aliphatic rings. The van der Waals surface area contributed by atoms with Crippen LogP contribution in [0.4, 0.5) is 0 Å². The number of likely N-dealkylation sites (tertiary alicyclic amines) is 1. The van der Waals surface area contributed by atoms with E-state index in [2.05, 4.69) is 37.2 Å². The summed E-state index contributed by atoms with van der Waals surface area (Å²) in [5.74, 6) is -9.16. The second kappa shape index (κ2) is 28.6. The number of methoxy groups -OCH3 is 1. The normalized spacial score (nSPS) is 23.5. The Morgan fingerprint density at radius 2 is 1.51 bits per heavy atom. The van der Waals surface area contributed by atoms with Crippen molar-refractivity contribution in [2.24, 2.45) is 28.9 Å². The van der Waals surface area contributed by atoms with Crippen molar-refractivity contribution < 1.29 is 57.5 Å². The van der Waals surface area contributed by atoms with E-state index in [1.807, 2.05) is 0 Å². The first-order valence-electron chi connectivity index (χ1n) is 23.4. The molecule has 2 fully saturated rings. The van der Waals surface area contributed by atoms with Crippen LogP contribution in [0.25, 0.3) is 0 Å². The third-order valence-electron chi connectivity index (χ3n) is 11.7. The van der Waals surface area contributed by atoms with Gasteiger partial charge in [-0.1, -0.05) is 54.0 Å². The molecule has 15 N–H and O–H groups in total. The number of nitrogens with zero attached hydrogens (tertiary/aromatic N) is 1. The summed E-state index contributed by atoms with van der Waals surface area (Å²) >= 11 is 0. The van der Waals surface area contributed by atoms with Crippen molar-refractivity contribution in [3.8, 4) is 5.75 Å². The van der Waals surface area contributed by atoms with E-state index < -0.39 is 137 Å². The van der Waals surface area contributed by atoms with Crippen LogP contribution in [0, 0.1) is 5.92 Å². The lowest BCUT2D eigenvalue weighted by molar-refractivity contribution is -0.142. The smallest absolute Gasteiger partial charge is 0.246 e. The Labute approximate surface area is 420 Å². The van der Waals surface area contributed by atoms with E-state index in [1.54, 1.807) is 52.0 Å². The quantitative estimate of drug-likeness (QED) is 0.0625. The van der Waals surface area contributed by atoms with Gasteiger partial charge in [-0.25, -0.2) is 0 Å². The highest BCUT2D eigenvalue weighted by Crippen LogP contribution is 2.39. The van der Waals surface area contributed by atoms with E-state index in [9.17, 15) is 52.7 Å². The van der Waals surface area contributed by atoms with Crippen molar-refractivity contribution in [1.82, 2.24) is 42.1 Å². The van der Waals surface area contributed by atoms with E-state index in [4.69, 9.17) is 27.7 Å². The molecule has 1 aromatic carbocycles. The van der Waals surface area contributed by atoms with Crippen molar-refractivity contribution in [2.75, 3.05) is 32.5 Å². The zero-order chi connectivity index (χ0) is 53.0. The average molecular weight is 1040 g/mol. The van der Waals surface area contributed by atoms with Gasteiger partial charge in [-0.3, -0.25) is 52.7 Å². The lowest BCUT2D eigenvalue weighted by atomic mass is 9.96. The number of carbonyl (C=O) groups excluding carboxylic acids is 11. The Bertz CT molecular complexity index is 2100. The fraction of sp³-hybridized carbons (Fsp3) is 0.622. The van der Waals surface area contributed by atoms with E-state index in [0.29, 0.717) is 30.6 Å². The Morgan fingerprint density at radius 1 is 0.859 bits per heavy atom. The number of amides is 11. The number of rotatable bonds is 19. The minimum atomic E-state index is -1.74. The number of ether oxygens (including phenoxy) is 1. The highest BCUT2D eigenvalue weighted by molar-refractivity contribution is 8.77. The second-order valence-electron chi connectivity index (χ2n) is 18.1. The van der Waals surface area contributed by atoms with Crippen LogP contribution < -0.4 is 64.9 Å². The van der Waals surface area contributed by atoms with Crippen LogP contribution in [0.1, 0.15) is 91.0 Å². The van der Waals surface area contributed by atoms with Crippen LogP contribution in [0.2, 0.25) is 0 Å². The van der Waals surface area contributed by atoms with Crippen LogP contribution in [-0.4, -0.2) is 149 Å². The fourth-order valence-corrected chi connectivity index (χ4v) is 10.4. The number of hydrogen-bond donors (Lipinski definition) is 11. The number of primary amides is 3. The molecule has 2 saturated heterocycles. The first kappa shape index (κ1) is 59.2. The van der Waals surface area contributed by atoms with Crippen LogP contribution in [0.3, 0.4) is 0 Å². The molecule has 24 nitrogen and oxygen atoms in total. The molecular formula is C45H70N12O12S2. The Balaban J connectivity index is 2.08. The maximum atomic E-state index is 14.6. The third kappa shape index (κ3) is 19.5. The van der Waals surface area contributed by atoms with Crippen LogP contribution in [0.15, 0.2) is 24.3 Å². The van der Waals surface area contributed by atoms with Gasteiger partial charge < -0.3 is 69.8 Å². The summed E-state index contributed by atoms with van der Waals surface area (Å²) in [6.45, 7) is 6.71. The van der Waals surface area contributed by atoms with Gasteiger partial charge in [0, 0.05) is 36.3 Å². The number of nitrogens with one attached hydrogen (secondary N) is 7. The van der Waals surface area contributed by atoms with Crippen LogP contribution in [0.5, 0.6) is 5.75 Å². The first-order chi connectivity index (χ1) is 33.5. The summed E-state index contributed by atoms with van der Waals surface area (Å²) in [4.78, 5) is 149. The molecule has 0 spiro atoms. The molecule has 71 heavy (non-hydrogen) atoms. The summed E-state index contributed by atoms with van der Waals surface area (Å²) in [7, 11) is 3.78. The van der Waals surface area contributed by atoms with Gasteiger partial charge in [0.15, 0.2) is 0 Å². The van der Waals surface area contributed by atoms with Crippen LogP contribution in [-0.2, 0) is 59.2 Å². The van der Waals surface area contributed by atoms with Crippen molar-refractivity contribution in [2.45, 2.75) is 139 Å². The van der Waals surface area contributed by atoms with Crippen molar-refractivity contribution in [3.05, 3.63) is 29.8 Å². The molecule has 394 valence electrons. The number of benzene rings is 1. The maximum absolute atomic E-state index is 14.6. The predicted molar refractivity (Wildman–Crippen MR) is 264 cm³/mol. The molecule has 1 aromatic rings. The summed E-state index contributed by atoms with van der Waals surface area (Å²) in [5, 5.41) is 18.2. The highest BCUT2D eigenvalue weighted by Gasteiger charge is 2.41. The largest absolute Gasteiger partial charge is 0.497 e. The Morgan fingerprint density at radius 3 is 2.11 bits per heavy atom. The van der Waals surface area contributed by atoms with Gasteiger partial charge in [-0.15, -0.1) is 0 Å². The molecule has 8 atom stereocenters.